The van der Waals surface area contributed by atoms with E-state index in [1.165, 1.54) is 17.7 Å². The summed E-state index contributed by atoms with van der Waals surface area (Å²) in [4.78, 5) is 12.7. The Morgan fingerprint density at radius 2 is 1.62 bits per heavy atom. The highest BCUT2D eigenvalue weighted by Gasteiger charge is 2.27. The summed E-state index contributed by atoms with van der Waals surface area (Å²) in [5.41, 5.74) is 7.12. The Bertz CT molecular complexity index is 1240. The topological polar surface area (TPSA) is 78.8 Å². The van der Waals surface area contributed by atoms with E-state index in [1.807, 2.05) is 32.9 Å². The van der Waals surface area contributed by atoms with Crippen LogP contribution in [-0.4, -0.2) is 27.1 Å². The van der Waals surface area contributed by atoms with Gasteiger partial charge in [0.1, 0.15) is 6.54 Å². The molecule has 0 saturated carbocycles. The van der Waals surface area contributed by atoms with Crippen molar-refractivity contribution < 1.29 is 13.2 Å². The van der Waals surface area contributed by atoms with Gasteiger partial charge in [-0.15, -0.1) is 0 Å². The molecule has 166 valence electrons. The number of amides is 1. The fraction of sp³-hybridized carbons (Fsp3) is 0.167. The molecule has 0 aromatic heterocycles. The van der Waals surface area contributed by atoms with Gasteiger partial charge in [0.15, 0.2) is 0 Å². The zero-order valence-corrected chi connectivity index (χ0v) is 20.4. The molecule has 0 heterocycles. The van der Waals surface area contributed by atoms with Crippen LogP contribution < -0.4 is 9.73 Å². The maximum Gasteiger partial charge on any atom is 0.264 e. The van der Waals surface area contributed by atoms with E-state index >= 15 is 0 Å². The fourth-order valence-electron chi connectivity index (χ4n) is 3.10. The second-order valence-electron chi connectivity index (χ2n) is 7.32. The number of sulfonamides is 1. The zero-order valence-electron chi connectivity index (χ0n) is 18.0. The number of hydrazone groups is 1. The lowest BCUT2D eigenvalue weighted by Crippen LogP contribution is -2.39. The molecule has 1 amide bonds. The number of hydrogen-bond acceptors (Lipinski definition) is 4. The Balaban J connectivity index is 1.83. The van der Waals surface area contributed by atoms with E-state index in [0.717, 1.165) is 25.5 Å². The van der Waals surface area contributed by atoms with Gasteiger partial charge in [0.25, 0.3) is 15.9 Å². The number of nitrogens with zero attached hydrogens (tertiary/aromatic N) is 2. The van der Waals surface area contributed by atoms with Gasteiger partial charge in [0.2, 0.25) is 0 Å². The maximum absolute atomic E-state index is 13.3. The molecule has 0 aliphatic heterocycles. The Morgan fingerprint density at radius 1 is 0.969 bits per heavy atom. The van der Waals surface area contributed by atoms with Gasteiger partial charge < -0.3 is 0 Å². The van der Waals surface area contributed by atoms with Gasteiger partial charge in [-0.1, -0.05) is 46.3 Å². The van der Waals surface area contributed by atoms with Crippen LogP contribution in [0.15, 0.2) is 81.2 Å². The van der Waals surface area contributed by atoms with Crippen LogP contribution in [0.25, 0.3) is 0 Å². The number of carbonyl (C=O) groups excluding carboxylic acids is 1. The number of anilines is 1. The zero-order chi connectivity index (χ0) is 23.3. The largest absolute Gasteiger partial charge is 0.271 e. The highest BCUT2D eigenvalue weighted by molar-refractivity contribution is 9.10. The quantitative estimate of drug-likeness (QED) is 0.366. The summed E-state index contributed by atoms with van der Waals surface area (Å²) >= 11 is 3.35. The van der Waals surface area contributed by atoms with Gasteiger partial charge in [-0.2, -0.15) is 5.10 Å². The fourth-order valence-corrected chi connectivity index (χ4v) is 4.80. The second kappa shape index (κ2) is 10.1. The van der Waals surface area contributed by atoms with E-state index in [1.54, 1.807) is 48.7 Å². The smallest absolute Gasteiger partial charge is 0.264 e. The Hall–Kier alpha value is -2.97. The molecule has 0 aliphatic carbocycles. The van der Waals surface area contributed by atoms with Crippen molar-refractivity contribution in [1.29, 1.82) is 0 Å². The normalized spacial score (nSPS) is 11.5. The van der Waals surface area contributed by atoms with Crippen molar-refractivity contribution in [2.75, 3.05) is 10.8 Å². The highest BCUT2D eigenvalue weighted by Crippen LogP contribution is 2.25. The number of nitrogens with one attached hydrogen (secondary N) is 1. The van der Waals surface area contributed by atoms with E-state index in [2.05, 4.69) is 26.5 Å². The molecule has 6 nitrogen and oxygen atoms in total. The molecule has 3 rings (SSSR count). The summed E-state index contributed by atoms with van der Waals surface area (Å²) in [5, 5.41) is 4.04. The number of carbonyl (C=O) groups is 1. The van der Waals surface area contributed by atoms with Crippen LogP contribution in [0, 0.1) is 20.8 Å². The summed E-state index contributed by atoms with van der Waals surface area (Å²) in [6.07, 6.45) is 1.56. The van der Waals surface area contributed by atoms with Crippen LogP contribution in [0.2, 0.25) is 0 Å². The molecule has 3 aromatic rings. The standard InChI is InChI=1S/C24H24BrN3O3S/c1-17-9-10-20(19(3)18(17)2)15-26-27-24(29)16-28(22-13-11-21(25)12-14-22)32(30,31)23-7-5-4-6-8-23/h4-15H,16H2,1-3H3,(H,27,29)/b26-15-. The van der Waals surface area contributed by atoms with E-state index in [9.17, 15) is 13.2 Å². The molecule has 0 bridgehead atoms. The van der Waals surface area contributed by atoms with Crippen molar-refractivity contribution in [3.63, 3.8) is 0 Å². The minimum atomic E-state index is -3.95. The third kappa shape index (κ3) is 5.44. The molecule has 8 heteroatoms. The van der Waals surface area contributed by atoms with Gasteiger partial charge in [-0.3, -0.25) is 9.10 Å². The first-order valence-electron chi connectivity index (χ1n) is 9.92. The molecule has 0 spiro atoms. The monoisotopic (exact) mass is 513 g/mol. The minimum absolute atomic E-state index is 0.102. The number of halogens is 1. The predicted octanol–water partition coefficient (Wildman–Crippen LogP) is 4.72. The average molecular weight is 514 g/mol. The van der Waals surface area contributed by atoms with Crippen molar-refractivity contribution in [1.82, 2.24) is 5.43 Å². The van der Waals surface area contributed by atoms with E-state index < -0.39 is 22.5 Å². The molecule has 0 unspecified atom stereocenters. The van der Waals surface area contributed by atoms with Gasteiger partial charge in [-0.05, 0) is 79.4 Å². The molecule has 0 fully saturated rings. The minimum Gasteiger partial charge on any atom is -0.271 e. The third-order valence-corrected chi connectivity index (χ3v) is 7.54. The third-order valence-electron chi connectivity index (χ3n) is 5.23. The summed E-state index contributed by atoms with van der Waals surface area (Å²) in [6, 6.07) is 18.7. The molecule has 0 saturated heterocycles. The van der Waals surface area contributed by atoms with Gasteiger partial charge in [-0.25, -0.2) is 13.8 Å². The van der Waals surface area contributed by atoms with Crippen LogP contribution in [0.1, 0.15) is 22.3 Å². The Morgan fingerprint density at radius 3 is 2.28 bits per heavy atom. The lowest BCUT2D eigenvalue weighted by atomic mass is 10.00. The van der Waals surface area contributed by atoms with E-state index in [0.29, 0.717) is 5.69 Å². The van der Waals surface area contributed by atoms with Crippen LogP contribution in [-0.2, 0) is 14.8 Å². The molecular formula is C24H24BrN3O3S. The number of benzene rings is 3. The molecule has 1 N–H and O–H groups in total. The Kier molecular flexibility index (Phi) is 7.48. The summed E-state index contributed by atoms with van der Waals surface area (Å²) in [5.74, 6) is -0.551. The first kappa shape index (κ1) is 23.7. The van der Waals surface area contributed by atoms with Crippen molar-refractivity contribution in [3.8, 4) is 0 Å². The van der Waals surface area contributed by atoms with Crippen molar-refractivity contribution >= 4 is 43.8 Å². The molecule has 0 atom stereocenters. The van der Waals surface area contributed by atoms with Crippen LogP contribution in [0.4, 0.5) is 5.69 Å². The summed E-state index contributed by atoms with van der Waals surface area (Å²) in [6.45, 7) is 5.65. The first-order valence-corrected chi connectivity index (χ1v) is 12.2. The van der Waals surface area contributed by atoms with Gasteiger partial charge in [0, 0.05) is 4.47 Å². The second-order valence-corrected chi connectivity index (χ2v) is 10.1. The van der Waals surface area contributed by atoms with Gasteiger partial charge in [0.05, 0.1) is 16.8 Å². The Labute approximate surface area is 197 Å². The van der Waals surface area contributed by atoms with Crippen molar-refractivity contribution in [3.05, 3.63) is 93.5 Å². The van der Waals surface area contributed by atoms with Crippen LogP contribution in [0.5, 0.6) is 0 Å². The molecular weight excluding hydrogens is 490 g/mol. The molecule has 0 aliphatic rings. The van der Waals surface area contributed by atoms with Crippen LogP contribution in [0.3, 0.4) is 0 Å². The van der Waals surface area contributed by atoms with E-state index in [4.69, 9.17) is 0 Å². The SMILES string of the molecule is Cc1ccc(/C=N\NC(=O)CN(c2ccc(Br)cc2)S(=O)(=O)c2ccccc2)c(C)c1C. The lowest BCUT2D eigenvalue weighted by molar-refractivity contribution is -0.119. The lowest BCUT2D eigenvalue weighted by Gasteiger charge is -2.23. The number of rotatable bonds is 7. The van der Waals surface area contributed by atoms with Crippen molar-refractivity contribution in [2.45, 2.75) is 25.7 Å². The number of hydrogen-bond donors (Lipinski definition) is 1. The maximum atomic E-state index is 13.3. The van der Waals surface area contributed by atoms with Crippen molar-refractivity contribution in [2.24, 2.45) is 5.10 Å². The van der Waals surface area contributed by atoms with E-state index in [-0.39, 0.29) is 4.90 Å². The predicted molar refractivity (Wildman–Crippen MR) is 132 cm³/mol. The van der Waals surface area contributed by atoms with Gasteiger partial charge >= 0.3 is 0 Å². The molecule has 32 heavy (non-hydrogen) atoms. The number of aryl methyl sites for hydroxylation is 1. The summed E-state index contributed by atoms with van der Waals surface area (Å²) in [7, 11) is -3.95. The first-order chi connectivity index (χ1) is 15.2. The summed E-state index contributed by atoms with van der Waals surface area (Å²) < 4.78 is 28.4. The van der Waals surface area contributed by atoms with Crippen LogP contribution >= 0.6 is 15.9 Å². The molecule has 3 aromatic carbocycles. The average Bonchev–Trinajstić information content (AvgIpc) is 2.78. The molecule has 0 radical (unpaired) electrons. The highest BCUT2D eigenvalue weighted by atomic mass is 79.9.